The van der Waals surface area contributed by atoms with Crippen molar-refractivity contribution in [3.63, 3.8) is 0 Å². The number of carboxylic acids is 1. The van der Waals surface area contributed by atoms with Gasteiger partial charge in [0.1, 0.15) is 0 Å². The van der Waals surface area contributed by atoms with Gasteiger partial charge in [0.05, 0.1) is 0 Å². The van der Waals surface area contributed by atoms with Crippen molar-refractivity contribution in [1.29, 1.82) is 0 Å². The van der Waals surface area contributed by atoms with Crippen LogP contribution < -0.4 is 6.15 Å². The van der Waals surface area contributed by atoms with Gasteiger partial charge < -0.3 is 11.3 Å². The Bertz CT molecular complexity index is 44.1. The van der Waals surface area contributed by atoms with Crippen molar-refractivity contribution in [3.05, 3.63) is 6.92 Å². The lowest BCUT2D eigenvalue weighted by Gasteiger charge is -1.71. The molecule has 0 rings (SSSR count). The SMILES string of the molecule is N.[CH2]CC(=O)O. The van der Waals surface area contributed by atoms with Gasteiger partial charge in [0.2, 0.25) is 0 Å². The molecule has 0 atom stereocenters. The Kier molecular flexibility index (Phi) is 6.69. The molecule has 0 aromatic heterocycles. The first kappa shape index (κ1) is 9.06. The summed E-state index contributed by atoms with van der Waals surface area (Å²) in [7, 11) is 0. The fraction of sp³-hybridized carbons (Fsp3) is 0.333. The molecule has 6 heavy (non-hydrogen) atoms. The number of carbonyl (C=O) groups is 1. The minimum absolute atomic E-state index is 0. The lowest BCUT2D eigenvalue weighted by Crippen LogP contribution is -1.87. The fourth-order valence-electron chi connectivity index (χ4n) is 0. The van der Waals surface area contributed by atoms with Crippen molar-refractivity contribution in [2.45, 2.75) is 6.42 Å². The lowest BCUT2D eigenvalue weighted by atomic mass is 10.5. The number of hydrogen-bond donors (Lipinski definition) is 2. The first-order chi connectivity index (χ1) is 2.27. The summed E-state index contributed by atoms with van der Waals surface area (Å²) in [6, 6.07) is 0. The van der Waals surface area contributed by atoms with E-state index in [2.05, 4.69) is 6.92 Å². The third kappa shape index (κ3) is 9.90. The van der Waals surface area contributed by atoms with E-state index in [9.17, 15) is 4.79 Å². The van der Waals surface area contributed by atoms with E-state index in [0.29, 0.717) is 0 Å². The number of aliphatic carboxylic acids is 1. The molecular formula is C3H8NO2. The molecule has 3 nitrogen and oxygen atoms in total. The largest absolute Gasteiger partial charge is 0.481 e. The topological polar surface area (TPSA) is 72.3 Å². The molecule has 37 valence electrons. The Morgan fingerprint density at radius 1 is 1.83 bits per heavy atom. The van der Waals surface area contributed by atoms with Crippen LogP contribution in [0.2, 0.25) is 0 Å². The zero-order valence-corrected chi connectivity index (χ0v) is 3.48. The van der Waals surface area contributed by atoms with Crippen molar-refractivity contribution in [2.75, 3.05) is 0 Å². The van der Waals surface area contributed by atoms with Gasteiger partial charge in [-0.25, -0.2) is 0 Å². The van der Waals surface area contributed by atoms with Crippen LogP contribution in [-0.2, 0) is 4.79 Å². The maximum atomic E-state index is 9.31. The highest BCUT2D eigenvalue weighted by molar-refractivity contribution is 5.67. The smallest absolute Gasteiger partial charge is 0.303 e. The Morgan fingerprint density at radius 2 is 2.00 bits per heavy atom. The van der Waals surface area contributed by atoms with E-state index in [1.54, 1.807) is 0 Å². The van der Waals surface area contributed by atoms with E-state index in [1.807, 2.05) is 0 Å². The van der Waals surface area contributed by atoms with Crippen LogP contribution in [0.15, 0.2) is 0 Å². The zero-order chi connectivity index (χ0) is 4.28. The molecule has 3 heteroatoms. The monoisotopic (exact) mass is 90.1 g/mol. The first-order valence-corrected chi connectivity index (χ1v) is 1.28. The van der Waals surface area contributed by atoms with Crippen molar-refractivity contribution in [2.24, 2.45) is 0 Å². The molecule has 0 aliphatic heterocycles. The van der Waals surface area contributed by atoms with Crippen LogP contribution in [-0.4, -0.2) is 11.1 Å². The van der Waals surface area contributed by atoms with E-state index in [4.69, 9.17) is 5.11 Å². The summed E-state index contributed by atoms with van der Waals surface area (Å²) in [5.74, 6) is -0.856. The van der Waals surface area contributed by atoms with Crippen molar-refractivity contribution < 1.29 is 9.90 Å². The van der Waals surface area contributed by atoms with Crippen LogP contribution in [0.3, 0.4) is 0 Å². The standard InChI is InChI=1S/C3H5O2.H3N/c1-2-3(4)5;/h1-2H2,(H,4,5);1H3. The summed E-state index contributed by atoms with van der Waals surface area (Å²) in [6.07, 6.45) is -0.0278. The summed E-state index contributed by atoms with van der Waals surface area (Å²) in [6.45, 7) is 3.09. The van der Waals surface area contributed by atoms with Crippen molar-refractivity contribution in [1.82, 2.24) is 6.15 Å². The van der Waals surface area contributed by atoms with Crippen LogP contribution in [0.5, 0.6) is 0 Å². The van der Waals surface area contributed by atoms with Gasteiger partial charge in [-0.15, -0.1) is 0 Å². The normalized spacial score (nSPS) is 6.17. The molecule has 4 N–H and O–H groups in total. The molecule has 0 saturated heterocycles. The molecule has 0 amide bonds. The Balaban J connectivity index is 0. The molecule has 0 fully saturated rings. The summed E-state index contributed by atoms with van der Waals surface area (Å²) >= 11 is 0. The van der Waals surface area contributed by atoms with Gasteiger partial charge in [-0.1, -0.05) is 0 Å². The average Bonchev–Trinajstić information content (AvgIpc) is 1.38. The highest BCUT2D eigenvalue weighted by atomic mass is 16.4. The molecule has 0 heterocycles. The van der Waals surface area contributed by atoms with Gasteiger partial charge >= 0.3 is 5.97 Å². The van der Waals surface area contributed by atoms with E-state index in [0.717, 1.165) is 0 Å². The second kappa shape index (κ2) is 4.43. The number of rotatable bonds is 1. The average molecular weight is 90.1 g/mol. The highest BCUT2D eigenvalue weighted by Gasteiger charge is 1.81. The van der Waals surface area contributed by atoms with Crippen LogP contribution >= 0.6 is 0 Å². The van der Waals surface area contributed by atoms with Crippen LogP contribution in [0, 0.1) is 6.92 Å². The lowest BCUT2D eigenvalue weighted by molar-refractivity contribution is -0.136. The van der Waals surface area contributed by atoms with Gasteiger partial charge in [-0.2, -0.15) is 0 Å². The van der Waals surface area contributed by atoms with E-state index < -0.39 is 5.97 Å². The summed E-state index contributed by atoms with van der Waals surface area (Å²) < 4.78 is 0. The first-order valence-electron chi connectivity index (χ1n) is 1.28. The van der Waals surface area contributed by atoms with E-state index in [-0.39, 0.29) is 12.6 Å². The second-order valence-electron chi connectivity index (χ2n) is 0.644. The third-order valence-electron chi connectivity index (χ3n) is 0.214. The van der Waals surface area contributed by atoms with Crippen LogP contribution in [0.1, 0.15) is 6.42 Å². The zero-order valence-electron chi connectivity index (χ0n) is 3.48. The van der Waals surface area contributed by atoms with Crippen LogP contribution in [0.25, 0.3) is 0 Å². The Morgan fingerprint density at radius 3 is 2.00 bits per heavy atom. The molecule has 0 bridgehead atoms. The van der Waals surface area contributed by atoms with Crippen molar-refractivity contribution >= 4 is 5.97 Å². The molecule has 0 aromatic carbocycles. The van der Waals surface area contributed by atoms with Gasteiger partial charge in [-0.3, -0.25) is 4.79 Å². The summed E-state index contributed by atoms with van der Waals surface area (Å²) in [5.41, 5.74) is 0. The van der Waals surface area contributed by atoms with E-state index >= 15 is 0 Å². The Hall–Kier alpha value is -0.570. The molecule has 0 spiro atoms. The molecule has 0 saturated carbocycles. The fourth-order valence-corrected chi connectivity index (χ4v) is 0. The molecular weight excluding hydrogens is 82.0 g/mol. The van der Waals surface area contributed by atoms with Gasteiger partial charge in [0.15, 0.2) is 0 Å². The van der Waals surface area contributed by atoms with Gasteiger partial charge in [0, 0.05) is 6.42 Å². The predicted molar refractivity (Wildman–Crippen MR) is 22.6 cm³/mol. The van der Waals surface area contributed by atoms with E-state index in [1.165, 1.54) is 0 Å². The summed E-state index contributed by atoms with van der Waals surface area (Å²) in [4.78, 5) is 9.31. The third-order valence-corrected chi connectivity index (χ3v) is 0.214. The van der Waals surface area contributed by atoms with Gasteiger partial charge in [-0.05, 0) is 6.92 Å². The van der Waals surface area contributed by atoms with Crippen LogP contribution in [0.4, 0.5) is 0 Å². The Labute approximate surface area is 36.6 Å². The number of carboxylic acid groups (broad SMARTS) is 1. The second-order valence-corrected chi connectivity index (χ2v) is 0.644. The van der Waals surface area contributed by atoms with Crippen molar-refractivity contribution in [3.8, 4) is 0 Å². The summed E-state index contributed by atoms with van der Waals surface area (Å²) in [5, 5.41) is 7.66. The number of hydrogen-bond acceptors (Lipinski definition) is 2. The molecule has 0 aliphatic carbocycles. The minimum atomic E-state index is -0.856. The molecule has 1 radical (unpaired) electrons. The highest BCUT2D eigenvalue weighted by Crippen LogP contribution is 1.66. The quantitative estimate of drug-likeness (QED) is 0.491. The molecule has 0 aromatic rings. The maximum absolute atomic E-state index is 9.31. The molecule has 0 aliphatic rings. The molecule has 0 unspecified atom stereocenters. The predicted octanol–water partition coefficient (Wildman–Crippen LogP) is 0.457. The minimum Gasteiger partial charge on any atom is -0.481 e. The van der Waals surface area contributed by atoms with Gasteiger partial charge in [0.25, 0.3) is 0 Å². The maximum Gasteiger partial charge on any atom is 0.303 e.